The smallest absolute Gasteiger partial charge is 0.276 e. The Balaban J connectivity index is 1.63. The van der Waals surface area contributed by atoms with Crippen LogP contribution in [-0.2, 0) is 0 Å². The predicted octanol–water partition coefficient (Wildman–Crippen LogP) is 2.34. The molecule has 4 aromatic heterocycles. The number of aromatic amines is 2. The van der Waals surface area contributed by atoms with Crippen LogP contribution in [0.1, 0.15) is 21.7 Å². The van der Waals surface area contributed by atoms with Crippen molar-refractivity contribution in [3.8, 4) is 5.82 Å². The third kappa shape index (κ3) is 2.34. The number of aryl methyl sites for hydroxylation is 1. The van der Waals surface area contributed by atoms with E-state index in [2.05, 4.69) is 30.6 Å². The van der Waals surface area contributed by atoms with Gasteiger partial charge in [-0.2, -0.15) is 10.2 Å². The number of anilines is 1. The molecule has 8 nitrogen and oxygen atoms in total. The molecule has 0 atom stereocenters. The van der Waals surface area contributed by atoms with Gasteiger partial charge in [0.05, 0.1) is 11.9 Å². The second kappa shape index (κ2) is 5.34. The number of H-pyrrole nitrogens is 2. The summed E-state index contributed by atoms with van der Waals surface area (Å²) >= 11 is 0. The zero-order chi connectivity index (χ0) is 16.7. The third-order valence-electron chi connectivity index (χ3n) is 3.93. The maximum absolute atomic E-state index is 12.3. The summed E-state index contributed by atoms with van der Waals surface area (Å²) in [6.07, 6.45) is 5.16. The number of nitrogens with one attached hydrogen (secondary N) is 3. The van der Waals surface area contributed by atoms with E-state index in [9.17, 15) is 4.79 Å². The van der Waals surface area contributed by atoms with Gasteiger partial charge in [0.2, 0.25) is 0 Å². The highest BCUT2D eigenvalue weighted by molar-refractivity contribution is 6.04. The fourth-order valence-electron chi connectivity index (χ4n) is 2.50. The van der Waals surface area contributed by atoms with Gasteiger partial charge in [-0.15, -0.1) is 0 Å². The molecule has 0 fully saturated rings. The molecule has 0 aliphatic rings. The molecule has 4 heterocycles. The molecule has 120 valence electrons. The monoisotopic (exact) mass is 321 g/mol. The second-order valence-corrected chi connectivity index (χ2v) is 5.54. The summed E-state index contributed by atoms with van der Waals surface area (Å²) in [6, 6.07) is 5.63. The number of aromatic nitrogens is 6. The molecule has 4 aromatic rings. The van der Waals surface area contributed by atoms with Gasteiger partial charge in [-0.05, 0) is 32.0 Å². The first-order valence-electron chi connectivity index (χ1n) is 7.43. The summed E-state index contributed by atoms with van der Waals surface area (Å²) in [6.45, 7) is 3.74. The largest absolute Gasteiger partial charge is 0.324 e. The number of pyridine rings is 1. The number of amides is 1. The van der Waals surface area contributed by atoms with Crippen LogP contribution in [0.3, 0.4) is 0 Å². The molecule has 0 radical (unpaired) electrons. The van der Waals surface area contributed by atoms with Crippen molar-refractivity contribution in [1.29, 1.82) is 0 Å². The van der Waals surface area contributed by atoms with Crippen molar-refractivity contribution in [2.75, 3.05) is 5.32 Å². The van der Waals surface area contributed by atoms with E-state index in [0.717, 1.165) is 28.1 Å². The molecule has 0 aliphatic heterocycles. The maximum atomic E-state index is 12.3. The van der Waals surface area contributed by atoms with Crippen LogP contribution >= 0.6 is 0 Å². The van der Waals surface area contributed by atoms with Crippen LogP contribution in [-0.4, -0.2) is 35.9 Å². The molecular weight excluding hydrogens is 306 g/mol. The summed E-state index contributed by atoms with van der Waals surface area (Å²) in [5.74, 6) is 0.547. The summed E-state index contributed by atoms with van der Waals surface area (Å²) < 4.78 is 1.72. The molecule has 0 spiro atoms. The van der Waals surface area contributed by atoms with Crippen LogP contribution in [0.15, 0.2) is 36.8 Å². The minimum absolute atomic E-state index is 0.263. The Bertz CT molecular complexity index is 1030. The molecule has 0 bridgehead atoms. The first-order chi connectivity index (χ1) is 11.6. The Labute approximate surface area is 136 Å². The molecule has 0 aromatic carbocycles. The van der Waals surface area contributed by atoms with Gasteiger partial charge in [0.1, 0.15) is 11.5 Å². The maximum Gasteiger partial charge on any atom is 0.276 e. The lowest BCUT2D eigenvalue weighted by Gasteiger charge is -2.03. The fourth-order valence-corrected chi connectivity index (χ4v) is 2.50. The second-order valence-electron chi connectivity index (χ2n) is 5.54. The van der Waals surface area contributed by atoms with Gasteiger partial charge < -0.3 is 10.3 Å². The SMILES string of the molecule is Cc1[nH]nc(C(=O)Nc2cnc3[nH]c(-n4cccn4)cc3c2)c1C. The summed E-state index contributed by atoms with van der Waals surface area (Å²) in [7, 11) is 0. The van der Waals surface area contributed by atoms with Crippen molar-refractivity contribution in [2.45, 2.75) is 13.8 Å². The van der Waals surface area contributed by atoms with Crippen LogP contribution in [0.2, 0.25) is 0 Å². The van der Waals surface area contributed by atoms with Crippen LogP contribution < -0.4 is 5.32 Å². The lowest BCUT2D eigenvalue weighted by Crippen LogP contribution is -2.13. The van der Waals surface area contributed by atoms with Crippen LogP contribution in [0.5, 0.6) is 0 Å². The van der Waals surface area contributed by atoms with Crippen molar-refractivity contribution in [3.05, 3.63) is 53.7 Å². The topological polar surface area (TPSA) is 104 Å². The van der Waals surface area contributed by atoms with Crippen molar-refractivity contribution in [1.82, 2.24) is 29.9 Å². The van der Waals surface area contributed by atoms with E-state index >= 15 is 0 Å². The number of rotatable bonds is 3. The average molecular weight is 321 g/mol. The van der Waals surface area contributed by atoms with Gasteiger partial charge in [0.25, 0.3) is 5.91 Å². The minimum Gasteiger partial charge on any atom is -0.324 e. The van der Waals surface area contributed by atoms with Gasteiger partial charge in [0, 0.05) is 29.0 Å². The molecule has 8 heteroatoms. The Hall–Kier alpha value is -3.42. The Kier molecular flexibility index (Phi) is 3.16. The fraction of sp³-hybridized carbons (Fsp3) is 0.125. The number of hydrogen-bond donors (Lipinski definition) is 3. The molecule has 0 saturated heterocycles. The van der Waals surface area contributed by atoms with Gasteiger partial charge >= 0.3 is 0 Å². The zero-order valence-corrected chi connectivity index (χ0v) is 13.2. The zero-order valence-electron chi connectivity index (χ0n) is 13.2. The van der Waals surface area contributed by atoms with E-state index in [-0.39, 0.29) is 5.91 Å². The first kappa shape index (κ1) is 14.2. The van der Waals surface area contributed by atoms with E-state index in [4.69, 9.17) is 0 Å². The van der Waals surface area contributed by atoms with Crippen LogP contribution in [0.4, 0.5) is 5.69 Å². The number of carbonyl (C=O) groups is 1. The Morgan fingerprint density at radius 2 is 2.17 bits per heavy atom. The molecule has 0 aliphatic carbocycles. The van der Waals surface area contributed by atoms with Crippen LogP contribution in [0.25, 0.3) is 16.9 Å². The number of nitrogens with zero attached hydrogens (tertiary/aromatic N) is 4. The number of carbonyl (C=O) groups excluding carboxylic acids is 1. The Morgan fingerprint density at radius 1 is 1.29 bits per heavy atom. The van der Waals surface area contributed by atoms with E-state index < -0.39 is 0 Å². The molecule has 0 unspecified atom stereocenters. The quantitative estimate of drug-likeness (QED) is 0.538. The summed E-state index contributed by atoms with van der Waals surface area (Å²) in [5, 5.41) is 14.7. The summed E-state index contributed by atoms with van der Waals surface area (Å²) in [5.41, 5.74) is 3.44. The van der Waals surface area contributed by atoms with E-state index in [1.165, 1.54) is 0 Å². The van der Waals surface area contributed by atoms with Gasteiger partial charge in [0.15, 0.2) is 5.69 Å². The normalized spacial score (nSPS) is 11.1. The highest BCUT2D eigenvalue weighted by Gasteiger charge is 2.15. The lowest BCUT2D eigenvalue weighted by atomic mass is 10.2. The Morgan fingerprint density at radius 3 is 2.88 bits per heavy atom. The van der Waals surface area contributed by atoms with Crippen molar-refractivity contribution >= 4 is 22.6 Å². The molecule has 0 saturated carbocycles. The van der Waals surface area contributed by atoms with Crippen molar-refractivity contribution in [2.24, 2.45) is 0 Å². The van der Waals surface area contributed by atoms with Crippen molar-refractivity contribution in [3.63, 3.8) is 0 Å². The average Bonchev–Trinajstić information content (AvgIpc) is 3.28. The molecule has 1 amide bonds. The van der Waals surface area contributed by atoms with Gasteiger partial charge in [-0.3, -0.25) is 9.89 Å². The van der Waals surface area contributed by atoms with Gasteiger partial charge in [-0.1, -0.05) is 0 Å². The van der Waals surface area contributed by atoms with Gasteiger partial charge in [-0.25, -0.2) is 9.67 Å². The number of fused-ring (bicyclic) bond motifs is 1. The predicted molar refractivity (Wildman–Crippen MR) is 89.2 cm³/mol. The molecule has 3 N–H and O–H groups in total. The number of hydrogen-bond acceptors (Lipinski definition) is 4. The minimum atomic E-state index is -0.263. The summed E-state index contributed by atoms with van der Waals surface area (Å²) in [4.78, 5) is 19.9. The molecule has 24 heavy (non-hydrogen) atoms. The van der Waals surface area contributed by atoms with E-state index in [0.29, 0.717) is 11.4 Å². The molecule has 4 rings (SSSR count). The van der Waals surface area contributed by atoms with E-state index in [1.54, 1.807) is 17.1 Å². The highest BCUT2D eigenvalue weighted by atomic mass is 16.1. The lowest BCUT2D eigenvalue weighted by molar-refractivity contribution is 0.102. The van der Waals surface area contributed by atoms with Crippen LogP contribution in [0, 0.1) is 13.8 Å². The first-order valence-corrected chi connectivity index (χ1v) is 7.43. The van der Waals surface area contributed by atoms with Crippen molar-refractivity contribution < 1.29 is 4.79 Å². The highest BCUT2D eigenvalue weighted by Crippen LogP contribution is 2.20. The third-order valence-corrected chi connectivity index (χ3v) is 3.93. The standard InChI is InChI=1S/C16H15N7O/c1-9-10(2)21-22-14(9)16(24)19-12-6-11-7-13(20-15(11)17-8-12)23-5-3-4-18-23/h3-8H,1-2H3,(H,17,20)(H,19,24)(H,21,22). The molecular formula is C16H15N7O. The van der Waals surface area contributed by atoms with E-state index in [1.807, 2.05) is 38.2 Å².